The van der Waals surface area contributed by atoms with E-state index in [-0.39, 0.29) is 16.5 Å². The van der Waals surface area contributed by atoms with E-state index < -0.39 is 4.92 Å². The van der Waals surface area contributed by atoms with E-state index in [4.69, 9.17) is 11.6 Å². The van der Waals surface area contributed by atoms with Gasteiger partial charge < -0.3 is 5.32 Å². The summed E-state index contributed by atoms with van der Waals surface area (Å²) in [5, 5.41) is 13.9. The molecular weight excluding hydrogens is 316 g/mol. The molecule has 118 valence electrons. The Labute approximate surface area is 138 Å². The summed E-state index contributed by atoms with van der Waals surface area (Å²) in [4.78, 5) is 22.5. The molecule has 1 N–H and O–H groups in total. The first kappa shape index (κ1) is 16.7. The molecule has 0 unspecified atom stereocenters. The molecule has 0 amide bonds. The number of allylic oxidation sites excluding steroid dienone is 2. The second-order valence-electron chi connectivity index (χ2n) is 5.11. The van der Waals surface area contributed by atoms with Crippen LogP contribution < -0.4 is 5.32 Å². The third-order valence-electron chi connectivity index (χ3n) is 3.17. The summed E-state index contributed by atoms with van der Waals surface area (Å²) in [5.41, 5.74) is 2.54. The second kappa shape index (κ2) is 7.07. The van der Waals surface area contributed by atoms with Crippen LogP contribution >= 0.6 is 11.6 Å². The molecule has 0 saturated carbocycles. The van der Waals surface area contributed by atoms with Gasteiger partial charge in [-0.3, -0.25) is 14.9 Å². The van der Waals surface area contributed by atoms with Crippen molar-refractivity contribution in [3.8, 4) is 0 Å². The number of nitrogens with one attached hydrogen (secondary N) is 1. The van der Waals surface area contributed by atoms with Crippen LogP contribution in [0.3, 0.4) is 0 Å². The molecule has 0 aliphatic heterocycles. The van der Waals surface area contributed by atoms with Crippen molar-refractivity contribution in [3.63, 3.8) is 0 Å². The summed E-state index contributed by atoms with van der Waals surface area (Å²) < 4.78 is 0. The van der Waals surface area contributed by atoms with Gasteiger partial charge in [-0.05, 0) is 26.0 Å². The van der Waals surface area contributed by atoms with E-state index in [1.54, 1.807) is 25.1 Å². The SMILES string of the molecule is C/C(=C/C(=O)c1ccc(C)cc1)Nc1ccc(Cl)c([N+](=O)[O-])c1. The Bertz CT molecular complexity index is 783. The maximum absolute atomic E-state index is 12.1. The van der Waals surface area contributed by atoms with Gasteiger partial charge in [0.1, 0.15) is 5.02 Å². The number of nitro groups is 1. The highest BCUT2D eigenvalue weighted by Crippen LogP contribution is 2.27. The standard InChI is InChI=1S/C17H15ClN2O3/c1-11-3-5-13(6-4-11)17(21)9-12(2)19-14-7-8-15(18)16(10-14)20(22)23/h3-10,19H,1-2H3/b12-9-. The van der Waals surface area contributed by atoms with Crippen molar-refractivity contribution in [2.24, 2.45) is 0 Å². The molecule has 5 nitrogen and oxygen atoms in total. The minimum Gasteiger partial charge on any atom is -0.359 e. The third kappa shape index (κ3) is 4.40. The Balaban J connectivity index is 2.16. The Hall–Kier alpha value is -2.66. The first-order chi connectivity index (χ1) is 10.9. The molecule has 23 heavy (non-hydrogen) atoms. The number of carbonyl (C=O) groups is 1. The van der Waals surface area contributed by atoms with Crippen molar-refractivity contribution < 1.29 is 9.72 Å². The van der Waals surface area contributed by atoms with Crippen molar-refractivity contribution in [2.45, 2.75) is 13.8 Å². The van der Waals surface area contributed by atoms with E-state index >= 15 is 0 Å². The van der Waals surface area contributed by atoms with Crippen molar-refractivity contribution in [1.82, 2.24) is 0 Å². The highest BCUT2D eigenvalue weighted by molar-refractivity contribution is 6.32. The van der Waals surface area contributed by atoms with E-state index in [1.807, 2.05) is 19.1 Å². The lowest BCUT2D eigenvalue weighted by atomic mass is 10.1. The fraction of sp³-hybridized carbons (Fsp3) is 0.118. The number of anilines is 1. The molecule has 2 rings (SSSR count). The lowest BCUT2D eigenvalue weighted by Crippen LogP contribution is -2.02. The fourth-order valence-electron chi connectivity index (χ4n) is 1.99. The molecule has 0 heterocycles. The minimum atomic E-state index is -0.552. The summed E-state index contributed by atoms with van der Waals surface area (Å²) in [5.74, 6) is -0.140. The Morgan fingerprint density at radius 2 is 1.87 bits per heavy atom. The molecule has 0 atom stereocenters. The van der Waals surface area contributed by atoms with E-state index in [9.17, 15) is 14.9 Å². The van der Waals surface area contributed by atoms with Crippen LogP contribution in [0.4, 0.5) is 11.4 Å². The minimum absolute atomic E-state index is 0.0675. The van der Waals surface area contributed by atoms with Crippen molar-refractivity contribution in [3.05, 3.63) is 80.5 Å². The van der Waals surface area contributed by atoms with E-state index in [0.717, 1.165) is 5.56 Å². The van der Waals surface area contributed by atoms with E-state index in [0.29, 0.717) is 16.9 Å². The van der Waals surface area contributed by atoms with Crippen LogP contribution in [-0.2, 0) is 0 Å². The maximum Gasteiger partial charge on any atom is 0.289 e. The highest BCUT2D eigenvalue weighted by Gasteiger charge is 2.13. The number of aryl methyl sites for hydroxylation is 1. The maximum atomic E-state index is 12.1. The first-order valence-corrected chi connectivity index (χ1v) is 7.25. The number of hydrogen-bond donors (Lipinski definition) is 1. The van der Waals surface area contributed by atoms with Gasteiger partial charge in [0.05, 0.1) is 4.92 Å². The number of nitrogens with zero attached hydrogens (tertiary/aromatic N) is 1. The molecule has 0 bridgehead atoms. The third-order valence-corrected chi connectivity index (χ3v) is 3.49. The number of benzene rings is 2. The smallest absolute Gasteiger partial charge is 0.289 e. The van der Waals surface area contributed by atoms with Gasteiger partial charge in [0.2, 0.25) is 0 Å². The largest absolute Gasteiger partial charge is 0.359 e. The molecule has 0 aliphatic rings. The molecular formula is C17H15ClN2O3. The number of carbonyl (C=O) groups excluding carboxylic acids is 1. The van der Waals surface area contributed by atoms with Crippen LogP contribution in [0, 0.1) is 17.0 Å². The van der Waals surface area contributed by atoms with Gasteiger partial charge in [0.25, 0.3) is 5.69 Å². The number of halogens is 1. The quantitative estimate of drug-likeness (QED) is 0.371. The zero-order chi connectivity index (χ0) is 17.0. The van der Waals surface area contributed by atoms with Gasteiger partial charge in [-0.2, -0.15) is 0 Å². The molecule has 0 fully saturated rings. The first-order valence-electron chi connectivity index (χ1n) is 6.87. The van der Waals surface area contributed by atoms with Gasteiger partial charge in [-0.25, -0.2) is 0 Å². The lowest BCUT2D eigenvalue weighted by Gasteiger charge is -2.07. The van der Waals surface area contributed by atoms with Crippen molar-refractivity contribution in [1.29, 1.82) is 0 Å². The molecule has 0 saturated heterocycles. The second-order valence-corrected chi connectivity index (χ2v) is 5.51. The average molecular weight is 331 g/mol. The van der Waals surface area contributed by atoms with E-state index in [2.05, 4.69) is 5.32 Å². The average Bonchev–Trinajstić information content (AvgIpc) is 2.49. The molecule has 2 aromatic carbocycles. The van der Waals surface area contributed by atoms with Gasteiger partial charge in [-0.15, -0.1) is 0 Å². The Morgan fingerprint density at radius 1 is 1.22 bits per heavy atom. The van der Waals surface area contributed by atoms with Gasteiger partial charge in [-0.1, -0.05) is 41.4 Å². The van der Waals surface area contributed by atoms with Crippen LogP contribution in [0.2, 0.25) is 5.02 Å². The van der Waals surface area contributed by atoms with Crippen LogP contribution in [0.1, 0.15) is 22.8 Å². The molecule has 0 radical (unpaired) electrons. The Morgan fingerprint density at radius 3 is 2.48 bits per heavy atom. The normalized spacial score (nSPS) is 11.2. The summed E-state index contributed by atoms with van der Waals surface area (Å²) in [6, 6.07) is 11.6. The van der Waals surface area contributed by atoms with Crippen LogP contribution in [-0.4, -0.2) is 10.7 Å². The number of ketones is 1. The zero-order valence-corrected chi connectivity index (χ0v) is 13.4. The number of hydrogen-bond acceptors (Lipinski definition) is 4. The summed E-state index contributed by atoms with van der Waals surface area (Å²) in [7, 11) is 0. The molecule has 6 heteroatoms. The van der Waals surface area contributed by atoms with Gasteiger partial charge in [0.15, 0.2) is 5.78 Å². The van der Waals surface area contributed by atoms with Crippen LogP contribution in [0.5, 0.6) is 0 Å². The summed E-state index contributed by atoms with van der Waals surface area (Å²) in [6.07, 6.45) is 1.45. The predicted octanol–water partition coefficient (Wildman–Crippen LogP) is 4.76. The van der Waals surface area contributed by atoms with Crippen LogP contribution in [0.25, 0.3) is 0 Å². The van der Waals surface area contributed by atoms with E-state index in [1.165, 1.54) is 18.2 Å². The molecule has 2 aromatic rings. The highest BCUT2D eigenvalue weighted by atomic mass is 35.5. The van der Waals surface area contributed by atoms with Crippen molar-refractivity contribution in [2.75, 3.05) is 5.32 Å². The van der Waals surface area contributed by atoms with Crippen LogP contribution in [0.15, 0.2) is 54.2 Å². The van der Waals surface area contributed by atoms with Gasteiger partial charge >= 0.3 is 0 Å². The number of nitro benzene ring substituents is 1. The summed E-state index contributed by atoms with van der Waals surface area (Å²) in [6.45, 7) is 3.66. The fourth-order valence-corrected chi connectivity index (χ4v) is 2.18. The van der Waals surface area contributed by atoms with Crippen molar-refractivity contribution >= 4 is 28.8 Å². The molecule has 0 aliphatic carbocycles. The summed E-state index contributed by atoms with van der Waals surface area (Å²) >= 11 is 5.77. The predicted molar refractivity (Wildman–Crippen MR) is 91.0 cm³/mol. The molecule has 0 spiro atoms. The lowest BCUT2D eigenvalue weighted by molar-refractivity contribution is -0.384. The number of rotatable bonds is 5. The van der Waals surface area contributed by atoms with Gasteiger partial charge in [0, 0.05) is 29.1 Å². The zero-order valence-electron chi connectivity index (χ0n) is 12.7. The topological polar surface area (TPSA) is 72.2 Å². The Kier molecular flexibility index (Phi) is 5.13. The monoisotopic (exact) mass is 330 g/mol. The molecule has 0 aromatic heterocycles.